The Bertz CT molecular complexity index is 737. The third-order valence-corrected chi connectivity index (χ3v) is 3.89. The molecule has 2 N–H and O–H groups in total. The van der Waals surface area contributed by atoms with Crippen molar-refractivity contribution >= 4 is 45.0 Å². The molecule has 0 bridgehead atoms. The fourth-order valence-electron chi connectivity index (χ4n) is 1.87. The second-order valence-electron chi connectivity index (χ2n) is 4.56. The summed E-state index contributed by atoms with van der Waals surface area (Å²) in [6.45, 7) is -0.171. The van der Waals surface area contributed by atoms with Gasteiger partial charge in [0.05, 0.1) is 24.9 Å². The molecule has 0 unspecified atom stereocenters. The van der Waals surface area contributed by atoms with Crippen LogP contribution in [0.3, 0.4) is 0 Å². The van der Waals surface area contributed by atoms with Gasteiger partial charge in [-0.15, -0.1) is 0 Å². The Balaban J connectivity index is 1.97. The van der Waals surface area contributed by atoms with Crippen LogP contribution >= 0.6 is 27.5 Å². The first kappa shape index (κ1) is 17.3. The van der Waals surface area contributed by atoms with Crippen LogP contribution in [0.4, 0.5) is 5.69 Å². The predicted molar refractivity (Wildman–Crippen MR) is 93.1 cm³/mol. The smallest absolute Gasteiger partial charge is 0.252 e. The van der Waals surface area contributed by atoms with Crippen LogP contribution in [-0.4, -0.2) is 25.5 Å². The highest BCUT2D eigenvalue weighted by Gasteiger charge is 2.12. The van der Waals surface area contributed by atoms with Gasteiger partial charge < -0.3 is 15.4 Å². The van der Waals surface area contributed by atoms with E-state index in [1.807, 2.05) is 0 Å². The molecule has 7 heteroatoms. The first-order valence-electron chi connectivity index (χ1n) is 6.67. The van der Waals surface area contributed by atoms with Gasteiger partial charge in [-0.1, -0.05) is 23.7 Å². The Labute approximate surface area is 147 Å². The molecule has 0 atom stereocenters. The molecule has 0 radical (unpaired) electrons. The number of halogens is 2. The van der Waals surface area contributed by atoms with E-state index < -0.39 is 0 Å². The van der Waals surface area contributed by atoms with Crippen molar-refractivity contribution in [3.63, 3.8) is 0 Å². The Morgan fingerprint density at radius 3 is 2.65 bits per heavy atom. The van der Waals surface area contributed by atoms with Gasteiger partial charge in [0, 0.05) is 9.50 Å². The summed E-state index contributed by atoms with van der Waals surface area (Å²) < 4.78 is 5.81. The van der Waals surface area contributed by atoms with Crippen LogP contribution in [0.5, 0.6) is 5.75 Å². The van der Waals surface area contributed by atoms with Crippen LogP contribution < -0.4 is 15.4 Å². The number of methoxy groups -OCH3 is 1. The van der Waals surface area contributed by atoms with Crippen molar-refractivity contribution in [1.82, 2.24) is 5.32 Å². The van der Waals surface area contributed by atoms with Crippen molar-refractivity contribution in [1.29, 1.82) is 0 Å². The molecule has 0 fully saturated rings. The van der Waals surface area contributed by atoms with Gasteiger partial charge in [0.2, 0.25) is 5.91 Å². The molecule has 23 heavy (non-hydrogen) atoms. The molecule has 0 saturated carbocycles. The summed E-state index contributed by atoms with van der Waals surface area (Å²) in [4.78, 5) is 24.0. The van der Waals surface area contributed by atoms with E-state index in [1.165, 1.54) is 7.11 Å². The summed E-state index contributed by atoms with van der Waals surface area (Å²) in [5.74, 6) is -0.239. The minimum atomic E-state index is -0.383. The van der Waals surface area contributed by atoms with Crippen molar-refractivity contribution in [2.45, 2.75) is 0 Å². The first-order valence-corrected chi connectivity index (χ1v) is 7.84. The lowest BCUT2D eigenvalue weighted by molar-refractivity contribution is -0.115. The van der Waals surface area contributed by atoms with Gasteiger partial charge in [-0.2, -0.15) is 0 Å². The number of hydrogen-bond donors (Lipinski definition) is 2. The number of hydrogen-bond acceptors (Lipinski definition) is 3. The van der Waals surface area contributed by atoms with E-state index in [4.69, 9.17) is 16.3 Å². The molecule has 0 spiro atoms. The summed E-state index contributed by atoms with van der Waals surface area (Å²) in [5.41, 5.74) is 0.903. The van der Waals surface area contributed by atoms with E-state index in [0.717, 1.165) is 0 Å². The number of anilines is 1. The zero-order valence-electron chi connectivity index (χ0n) is 12.2. The van der Waals surface area contributed by atoms with Crippen molar-refractivity contribution < 1.29 is 14.3 Å². The summed E-state index contributed by atoms with van der Waals surface area (Å²) in [7, 11) is 1.49. The number of carbonyl (C=O) groups is 2. The molecule has 0 aliphatic heterocycles. The Kier molecular flexibility index (Phi) is 6.01. The molecule has 120 valence electrons. The highest BCUT2D eigenvalue weighted by atomic mass is 79.9. The average Bonchev–Trinajstić information content (AvgIpc) is 2.53. The standard InChI is InChI=1S/C16H14BrClN2O3/c1-23-14-7-6-10(18)8-13(14)20-15(21)9-19-16(22)11-4-2-3-5-12(11)17/h2-8H,9H2,1H3,(H,19,22)(H,20,21). The van der Waals surface area contributed by atoms with E-state index >= 15 is 0 Å². The van der Waals surface area contributed by atoms with Crippen molar-refractivity contribution in [2.24, 2.45) is 0 Å². The number of rotatable bonds is 5. The van der Waals surface area contributed by atoms with Crippen molar-refractivity contribution in [3.05, 3.63) is 57.5 Å². The first-order chi connectivity index (χ1) is 11.0. The highest BCUT2D eigenvalue weighted by Crippen LogP contribution is 2.27. The van der Waals surface area contributed by atoms with E-state index in [1.54, 1.807) is 42.5 Å². The molecule has 0 aliphatic rings. The number of ether oxygens (including phenoxy) is 1. The minimum Gasteiger partial charge on any atom is -0.495 e. The molecule has 2 aromatic rings. The second-order valence-corrected chi connectivity index (χ2v) is 5.85. The molecule has 2 aromatic carbocycles. The summed E-state index contributed by atoms with van der Waals surface area (Å²) in [6, 6.07) is 11.9. The van der Waals surface area contributed by atoms with Gasteiger partial charge >= 0.3 is 0 Å². The summed E-state index contributed by atoms with van der Waals surface area (Å²) in [5, 5.41) is 5.68. The minimum absolute atomic E-state index is 0.171. The monoisotopic (exact) mass is 396 g/mol. The maximum atomic E-state index is 12.0. The lowest BCUT2D eigenvalue weighted by Gasteiger charge is -2.11. The molecule has 5 nitrogen and oxygen atoms in total. The molecule has 2 rings (SSSR count). The van der Waals surface area contributed by atoms with E-state index in [9.17, 15) is 9.59 Å². The lowest BCUT2D eigenvalue weighted by atomic mass is 10.2. The third-order valence-electron chi connectivity index (χ3n) is 2.96. The van der Waals surface area contributed by atoms with Crippen LogP contribution in [0.2, 0.25) is 5.02 Å². The number of carbonyl (C=O) groups excluding carboxylic acids is 2. The van der Waals surface area contributed by atoms with Gasteiger partial charge in [-0.05, 0) is 46.3 Å². The van der Waals surface area contributed by atoms with E-state index in [-0.39, 0.29) is 18.4 Å². The van der Waals surface area contributed by atoms with Gasteiger partial charge in [0.1, 0.15) is 5.75 Å². The molecule has 2 amide bonds. The number of nitrogens with one attached hydrogen (secondary N) is 2. The van der Waals surface area contributed by atoms with Crippen molar-refractivity contribution in [2.75, 3.05) is 19.0 Å². The van der Waals surface area contributed by atoms with Gasteiger partial charge in [0.15, 0.2) is 0 Å². The molecular weight excluding hydrogens is 384 g/mol. The maximum absolute atomic E-state index is 12.0. The average molecular weight is 398 g/mol. The fourth-order valence-corrected chi connectivity index (χ4v) is 2.51. The predicted octanol–water partition coefficient (Wildman–Crippen LogP) is 3.48. The number of amides is 2. The second kappa shape index (κ2) is 7.99. The van der Waals surface area contributed by atoms with E-state index in [2.05, 4.69) is 26.6 Å². The summed E-state index contributed by atoms with van der Waals surface area (Å²) in [6.07, 6.45) is 0. The van der Waals surface area contributed by atoms with Gasteiger partial charge in [-0.3, -0.25) is 9.59 Å². The third kappa shape index (κ3) is 4.71. The van der Waals surface area contributed by atoms with Gasteiger partial charge in [0.25, 0.3) is 5.91 Å². The molecule has 0 heterocycles. The van der Waals surface area contributed by atoms with Crippen LogP contribution in [0, 0.1) is 0 Å². The zero-order chi connectivity index (χ0) is 16.8. The topological polar surface area (TPSA) is 67.4 Å². The van der Waals surface area contributed by atoms with Gasteiger partial charge in [-0.25, -0.2) is 0 Å². The van der Waals surface area contributed by atoms with Crippen LogP contribution in [0.25, 0.3) is 0 Å². The number of benzene rings is 2. The largest absolute Gasteiger partial charge is 0.495 e. The molecular formula is C16H14BrClN2O3. The SMILES string of the molecule is COc1ccc(Cl)cc1NC(=O)CNC(=O)c1ccccc1Br. The lowest BCUT2D eigenvalue weighted by Crippen LogP contribution is -2.33. The normalized spacial score (nSPS) is 10.0. The quantitative estimate of drug-likeness (QED) is 0.812. The summed E-state index contributed by atoms with van der Waals surface area (Å²) >= 11 is 9.19. The Hall–Kier alpha value is -2.05. The molecule has 0 aromatic heterocycles. The zero-order valence-corrected chi connectivity index (χ0v) is 14.6. The highest BCUT2D eigenvalue weighted by molar-refractivity contribution is 9.10. The Morgan fingerprint density at radius 1 is 1.22 bits per heavy atom. The fraction of sp³-hybridized carbons (Fsp3) is 0.125. The van der Waals surface area contributed by atoms with E-state index in [0.29, 0.717) is 26.5 Å². The van der Waals surface area contributed by atoms with Crippen LogP contribution in [0.15, 0.2) is 46.9 Å². The van der Waals surface area contributed by atoms with Crippen LogP contribution in [0.1, 0.15) is 10.4 Å². The van der Waals surface area contributed by atoms with Crippen LogP contribution in [-0.2, 0) is 4.79 Å². The maximum Gasteiger partial charge on any atom is 0.252 e. The Morgan fingerprint density at radius 2 is 1.96 bits per heavy atom. The molecule has 0 aliphatic carbocycles. The molecule has 0 saturated heterocycles. The van der Waals surface area contributed by atoms with Crippen molar-refractivity contribution in [3.8, 4) is 5.75 Å².